The molecule has 1 aromatic heterocycles. The number of methoxy groups -OCH3 is 1. The first-order valence-corrected chi connectivity index (χ1v) is 7.37. The second-order valence-corrected chi connectivity index (χ2v) is 6.04. The first kappa shape index (κ1) is 15.0. The highest BCUT2D eigenvalue weighted by Gasteiger charge is 2.24. The van der Waals surface area contributed by atoms with Crippen molar-refractivity contribution in [2.24, 2.45) is 0 Å². The van der Waals surface area contributed by atoms with Gasteiger partial charge in [0, 0.05) is 5.56 Å². The largest absolute Gasteiger partial charge is 0.494 e. The van der Waals surface area contributed by atoms with Gasteiger partial charge in [0.1, 0.15) is 0 Å². The lowest BCUT2D eigenvalue weighted by molar-refractivity contribution is 0.0656. The van der Waals surface area contributed by atoms with Crippen LogP contribution in [0, 0.1) is 5.82 Å². The van der Waals surface area contributed by atoms with Crippen LogP contribution in [0.1, 0.15) is 16.1 Å². The fraction of sp³-hybridized carbons (Fsp3) is 0.154. The van der Waals surface area contributed by atoms with Gasteiger partial charge in [0.15, 0.2) is 11.6 Å². The quantitative estimate of drug-likeness (QED) is 0.908. The molecule has 6 nitrogen and oxygen atoms in total. The maximum absolute atomic E-state index is 13.9. The number of carboxylic acid groups (broad SMARTS) is 1. The molecule has 0 aliphatic rings. The second-order valence-electron chi connectivity index (χ2n) is 4.12. The van der Waals surface area contributed by atoms with Crippen LogP contribution in [0.4, 0.5) is 4.39 Å². The summed E-state index contributed by atoms with van der Waals surface area (Å²) >= 11 is 0. The minimum absolute atomic E-state index is 0.0756. The van der Waals surface area contributed by atoms with Crippen molar-refractivity contribution in [2.45, 2.75) is 10.8 Å². The molecule has 0 saturated carbocycles. The van der Waals surface area contributed by atoms with Gasteiger partial charge in [-0.25, -0.2) is 17.6 Å². The van der Waals surface area contributed by atoms with Gasteiger partial charge in [0.05, 0.1) is 12.9 Å². The van der Waals surface area contributed by atoms with E-state index in [0.29, 0.717) is 0 Å². The van der Waals surface area contributed by atoms with E-state index >= 15 is 0 Å². The fourth-order valence-electron chi connectivity index (χ4n) is 1.70. The van der Waals surface area contributed by atoms with Gasteiger partial charge in [-0.2, -0.15) is 0 Å². The second kappa shape index (κ2) is 5.57. The van der Waals surface area contributed by atoms with Crippen molar-refractivity contribution in [3.8, 4) is 5.75 Å². The van der Waals surface area contributed by atoms with Gasteiger partial charge in [0.2, 0.25) is 20.7 Å². The maximum atomic E-state index is 13.9. The third kappa shape index (κ3) is 3.05. The summed E-state index contributed by atoms with van der Waals surface area (Å²) in [6.45, 7) is 0. The Kier molecular flexibility index (Phi) is 3.99. The Balaban J connectivity index is 2.35. The molecule has 1 aromatic carbocycles. The van der Waals surface area contributed by atoms with E-state index in [2.05, 4.69) is 0 Å². The molecule has 21 heavy (non-hydrogen) atoms. The summed E-state index contributed by atoms with van der Waals surface area (Å²) < 4.78 is 47.6. The third-order valence-electron chi connectivity index (χ3n) is 2.71. The van der Waals surface area contributed by atoms with Crippen LogP contribution in [-0.4, -0.2) is 26.6 Å². The average molecular weight is 314 g/mol. The number of ether oxygens (including phenoxy) is 1. The van der Waals surface area contributed by atoms with Crippen LogP contribution in [0.15, 0.2) is 39.8 Å². The average Bonchev–Trinajstić information content (AvgIpc) is 2.91. The Labute approximate surface area is 119 Å². The number of sulfone groups is 1. The molecule has 2 aromatic rings. The van der Waals surface area contributed by atoms with Gasteiger partial charge in [-0.1, -0.05) is 12.1 Å². The molecule has 0 amide bonds. The molecule has 0 radical (unpaired) electrons. The van der Waals surface area contributed by atoms with Gasteiger partial charge >= 0.3 is 5.97 Å². The molecule has 0 aliphatic heterocycles. The molecule has 0 spiro atoms. The monoisotopic (exact) mass is 314 g/mol. The summed E-state index contributed by atoms with van der Waals surface area (Å²) in [6, 6.07) is 6.17. The molecule has 112 valence electrons. The first-order valence-electron chi connectivity index (χ1n) is 5.72. The number of furan rings is 1. The summed E-state index contributed by atoms with van der Waals surface area (Å²) in [6.07, 6.45) is 0. The Morgan fingerprint density at radius 2 is 2.05 bits per heavy atom. The molecule has 0 fully saturated rings. The van der Waals surface area contributed by atoms with Gasteiger partial charge in [-0.15, -0.1) is 0 Å². The molecule has 8 heteroatoms. The smallest absolute Gasteiger partial charge is 0.371 e. The minimum atomic E-state index is -4.00. The van der Waals surface area contributed by atoms with E-state index in [1.807, 2.05) is 0 Å². The van der Waals surface area contributed by atoms with Crippen LogP contribution < -0.4 is 4.74 Å². The van der Waals surface area contributed by atoms with Crippen LogP contribution in [0.5, 0.6) is 5.75 Å². The molecule has 0 unspecified atom stereocenters. The highest BCUT2D eigenvalue weighted by molar-refractivity contribution is 7.90. The molecular weight excluding hydrogens is 303 g/mol. The number of aromatic carboxylic acids is 1. The van der Waals surface area contributed by atoms with E-state index in [0.717, 1.165) is 12.1 Å². The standard InChI is InChI=1S/C13H11FO6S/c1-19-9-4-2-3-8(12(9)14)7-21(17,18)11-6-5-10(20-11)13(15)16/h2-6H,7H2,1H3,(H,15,16). The van der Waals surface area contributed by atoms with E-state index in [4.69, 9.17) is 14.3 Å². The minimum Gasteiger partial charge on any atom is -0.494 e. The normalized spacial score (nSPS) is 11.3. The van der Waals surface area contributed by atoms with E-state index in [-0.39, 0.29) is 11.3 Å². The van der Waals surface area contributed by atoms with Crippen molar-refractivity contribution < 1.29 is 31.9 Å². The van der Waals surface area contributed by atoms with Crippen LogP contribution in [-0.2, 0) is 15.6 Å². The van der Waals surface area contributed by atoms with Crippen LogP contribution in [0.25, 0.3) is 0 Å². The van der Waals surface area contributed by atoms with Crippen LogP contribution in [0.3, 0.4) is 0 Å². The lowest BCUT2D eigenvalue weighted by Crippen LogP contribution is -2.06. The number of rotatable bonds is 5. The molecule has 2 rings (SSSR count). The number of carboxylic acids is 1. The number of halogens is 1. The van der Waals surface area contributed by atoms with Gasteiger partial charge in [-0.05, 0) is 18.2 Å². The van der Waals surface area contributed by atoms with Crippen molar-refractivity contribution in [2.75, 3.05) is 7.11 Å². The Morgan fingerprint density at radius 1 is 1.33 bits per heavy atom. The molecule has 1 N–H and O–H groups in total. The first-order chi connectivity index (χ1) is 9.85. The summed E-state index contributed by atoms with van der Waals surface area (Å²) in [5.41, 5.74) is -0.0948. The zero-order valence-corrected chi connectivity index (χ0v) is 11.7. The number of carbonyl (C=O) groups is 1. The molecule has 0 aliphatic carbocycles. The van der Waals surface area contributed by atoms with Crippen molar-refractivity contribution >= 4 is 15.8 Å². The van der Waals surface area contributed by atoms with E-state index < -0.39 is 38.2 Å². The molecule has 0 bridgehead atoms. The molecule has 1 heterocycles. The lowest BCUT2D eigenvalue weighted by atomic mass is 10.2. The summed E-state index contributed by atoms with van der Waals surface area (Å²) in [5, 5.41) is 8.18. The number of hydrogen-bond acceptors (Lipinski definition) is 5. The summed E-state index contributed by atoms with van der Waals surface area (Å²) in [7, 11) is -2.73. The third-order valence-corrected chi connectivity index (χ3v) is 4.23. The van der Waals surface area contributed by atoms with E-state index in [1.54, 1.807) is 0 Å². The van der Waals surface area contributed by atoms with Crippen LogP contribution >= 0.6 is 0 Å². The van der Waals surface area contributed by atoms with Gasteiger partial charge < -0.3 is 14.3 Å². The Bertz CT molecular complexity index is 778. The zero-order chi connectivity index (χ0) is 15.6. The van der Waals surface area contributed by atoms with Crippen molar-refractivity contribution in [1.29, 1.82) is 0 Å². The number of hydrogen-bond donors (Lipinski definition) is 1. The van der Waals surface area contributed by atoms with E-state index in [9.17, 15) is 17.6 Å². The SMILES string of the molecule is COc1cccc(CS(=O)(=O)c2ccc(C(=O)O)o2)c1F. The van der Waals surface area contributed by atoms with Gasteiger partial charge in [0.25, 0.3) is 0 Å². The topological polar surface area (TPSA) is 93.8 Å². The fourth-order valence-corrected chi connectivity index (χ4v) is 2.97. The zero-order valence-electron chi connectivity index (χ0n) is 10.9. The highest BCUT2D eigenvalue weighted by atomic mass is 32.2. The van der Waals surface area contributed by atoms with Crippen molar-refractivity contribution in [3.05, 3.63) is 47.5 Å². The molecule has 0 saturated heterocycles. The molecule has 0 atom stereocenters. The lowest BCUT2D eigenvalue weighted by Gasteiger charge is -2.07. The maximum Gasteiger partial charge on any atom is 0.371 e. The summed E-state index contributed by atoms with van der Waals surface area (Å²) in [4.78, 5) is 10.7. The predicted molar refractivity (Wildman–Crippen MR) is 69.5 cm³/mol. The molecular formula is C13H11FO6S. The summed E-state index contributed by atoms with van der Waals surface area (Å²) in [5.74, 6) is -3.41. The van der Waals surface area contributed by atoms with E-state index in [1.165, 1.54) is 25.3 Å². The number of benzene rings is 1. The van der Waals surface area contributed by atoms with Gasteiger partial charge in [-0.3, -0.25) is 0 Å². The Hall–Kier alpha value is -2.35. The Morgan fingerprint density at radius 3 is 2.62 bits per heavy atom. The van der Waals surface area contributed by atoms with Crippen molar-refractivity contribution in [1.82, 2.24) is 0 Å². The highest BCUT2D eigenvalue weighted by Crippen LogP contribution is 2.25. The predicted octanol–water partition coefficient (Wildman–Crippen LogP) is 2.10. The van der Waals surface area contributed by atoms with Crippen LogP contribution in [0.2, 0.25) is 0 Å². The van der Waals surface area contributed by atoms with Crippen molar-refractivity contribution in [3.63, 3.8) is 0 Å².